The molecule has 436 valence electrons. The average Bonchev–Trinajstić information content (AvgIpc) is 4.16. The first kappa shape index (κ1) is 61.4. The second-order valence-corrected chi connectivity index (χ2v) is 19.7. The lowest BCUT2D eigenvalue weighted by molar-refractivity contribution is -0.145. The van der Waals surface area contributed by atoms with E-state index in [0.29, 0.717) is 55.9 Å². The number of methoxy groups -OCH3 is 2. The first-order valence-corrected chi connectivity index (χ1v) is 28.4. The Morgan fingerprint density at radius 2 is 1.15 bits per heavy atom. The van der Waals surface area contributed by atoms with E-state index in [0.717, 1.165) is 108 Å². The topological polar surface area (TPSA) is 238 Å². The van der Waals surface area contributed by atoms with Crippen molar-refractivity contribution in [1.29, 1.82) is 0 Å². The van der Waals surface area contributed by atoms with Crippen LogP contribution in [0.1, 0.15) is 132 Å². The summed E-state index contributed by atoms with van der Waals surface area (Å²) in [6, 6.07) is 22.6. The number of hydrogen-bond acceptors (Lipinski definition) is 16. The number of aromatic nitrogens is 7. The van der Waals surface area contributed by atoms with Crippen LogP contribution < -0.4 is 14.8 Å². The summed E-state index contributed by atoms with van der Waals surface area (Å²) in [6.07, 6.45) is 16.9. The van der Waals surface area contributed by atoms with Crippen LogP contribution in [-0.2, 0) is 64.3 Å². The van der Waals surface area contributed by atoms with Gasteiger partial charge in [-0.05, 0) is 149 Å². The van der Waals surface area contributed by atoms with E-state index in [9.17, 15) is 19.2 Å². The minimum atomic E-state index is -0.473. The maximum Gasteiger partial charge on any atom is 0.308 e. The SMILES string of the molecule is CCO.CCO.CCOC(=O)C[C@@H](c1ccc(OC)nc1)N1CCn2cc(CCCc3ccc4c(n3)NCCC4)cc2C1=O.CCOC(=O)C[C@@H](c1ccc(OC)nc1)N1CCn2cc(CCCc3ccc4cccnc4n3)cc2C1=O. The van der Waals surface area contributed by atoms with Crippen LogP contribution in [0.2, 0.25) is 0 Å². The van der Waals surface area contributed by atoms with Crippen molar-refractivity contribution in [1.82, 2.24) is 43.9 Å². The van der Waals surface area contributed by atoms with E-state index in [2.05, 4.69) is 55.8 Å². The summed E-state index contributed by atoms with van der Waals surface area (Å²) in [5.74, 6) is 1.11. The highest BCUT2D eigenvalue weighted by molar-refractivity contribution is 5.95. The molecular weight excluding hydrogens is 1040 g/mol. The van der Waals surface area contributed by atoms with Crippen LogP contribution in [0.15, 0.2) is 104 Å². The number of nitrogens with zero attached hydrogens (tertiary/aromatic N) is 9. The zero-order valence-electron chi connectivity index (χ0n) is 48.1. The van der Waals surface area contributed by atoms with Gasteiger partial charge in [-0.3, -0.25) is 19.2 Å². The molecule has 10 rings (SSSR count). The van der Waals surface area contributed by atoms with Crippen molar-refractivity contribution < 1.29 is 48.3 Å². The van der Waals surface area contributed by atoms with E-state index in [-0.39, 0.29) is 56.4 Å². The van der Waals surface area contributed by atoms with Gasteiger partial charge in [0.1, 0.15) is 17.2 Å². The lowest BCUT2D eigenvalue weighted by Gasteiger charge is -2.35. The van der Waals surface area contributed by atoms with Crippen LogP contribution in [0, 0.1) is 0 Å². The normalized spacial score (nSPS) is 14.0. The second-order valence-electron chi connectivity index (χ2n) is 19.7. The summed E-state index contributed by atoms with van der Waals surface area (Å²) >= 11 is 0. The molecule has 7 aromatic heterocycles. The van der Waals surface area contributed by atoms with Crippen LogP contribution >= 0.6 is 0 Å². The van der Waals surface area contributed by atoms with Crippen LogP contribution in [0.4, 0.5) is 5.82 Å². The fourth-order valence-corrected chi connectivity index (χ4v) is 10.2. The number of amides is 2. The summed E-state index contributed by atoms with van der Waals surface area (Å²) in [5.41, 5.74) is 9.25. The number of anilines is 1. The highest BCUT2D eigenvalue weighted by atomic mass is 16.5. The Balaban J connectivity index is 0.000000216. The number of ether oxygens (including phenoxy) is 4. The molecule has 0 aromatic carbocycles. The zero-order chi connectivity index (χ0) is 58.4. The molecular formula is C62H78N10O10. The van der Waals surface area contributed by atoms with E-state index >= 15 is 0 Å². The summed E-state index contributed by atoms with van der Waals surface area (Å²) < 4.78 is 24.8. The van der Waals surface area contributed by atoms with E-state index in [1.165, 1.54) is 5.56 Å². The molecule has 0 unspecified atom stereocenters. The molecule has 20 heteroatoms. The maximum absolute atomic E-state index is 13.6. The van der Waals surface area contributed by atoms with Crippen LogP contribution in [0.3, 0.4) is 0 Å². The van der Waals surface area contributed by atoms with E-state index in [4.69, 9.17) is 34.1 Å². The minimum absolute atomic E-state index is 0.0643. The Morgan fingerprint density at radius 1 is 0.634 bits per heavy atom. The van der Waals surface area contributed by atoms with E-state index < -0.39 is 12.1 Å². The summed E-state index contributed by atoms with van der Waals surface area (Å²) in [6.45, 7) is 11.3. The quantitative estimate of drug-likeness (QED) is 0.0611. The Hall–Kier alpha value is -8.23. The molecule has 0 radical (unpaired) electrons. The Kier molecular flexibility index (Phi) is 23.3. The number of rotatable bonds is 20. The fraction of sp³-hybridized carbons (Fsp3) is 0.435. The molecule has 10 heterocycles. The van der Waals surface area contributed by atoms with Crippen molar-refractivity contribution in [2.45, 2.75) is 117 Å². The summed E-state index contributed by atoms with van der Waals surface area (Å²) in [4.78, 5) is 78.0. The number of esters is 2. The third-order valence-corrected chi connectivity index (χ3v) is 14.1. The smallest absolute Gasteiger partial charge is 0.308 e. The van der Waals surface area contributed by atoms with Gasteiger partial charge in [-0.15, -0.1) is 0 Å². The monoisotopic (exact) mass is 1120 g/mol. The predicted octanol–water partition coefficient (Wildman–Crippen LogP) is 8.13. The third-order valence-electron chi connectivity index (χ3n) is 14.1. The van der Waals surface area contributed by atoms with Gasteiger partial charge in [-0.1, -0.05) is 18.2 Å². The zero-order valence-corrected chi connectivity index (χ0v) is 48.1. The van der Waals surface area contributed by atoms with Gasteiger partial charge in [0.15, 0.2) is 5.65 Å². The molecule has 3 N–H and O–H groups in total. The number of hydrogen-bond donors (Lipinski definition) is 3. The van der Waals surface area contributed by atoms with Crippen molar-refractivity contribution in [2.75, 3.05) is 65.6 Å². The molecule has 0 aliphatic carbocycles. The first-order chi connectivity index (χ1) is 39.9. The fourth-order valence-electron chi connectivity index (χ4n) is 10.2. The van der Waals surface area contributed by atoms with Gasteiger partial charge in [0.05, 0.1) is 52.4 Å². The van der Waals surface area contributed by atoms with Crippen molar-refractivity contribution >= 4 is 40.6 Å². The highest BCUT2D eigenvalue weighted by Gasteiger charge is 2.35. The standard InChI is InChI=1S/C29H35N5O4.C29H31N5O4.2C2H6O/c2*1-3-38-27(35)17-24(22-10-12-26(37-2)31-18-22)34-15-14-33-19-20(16-25(33)29(34)36)6-4-8-23-11-9-21-7-5-13-30-28(21)32-23;2*1-2-3/h9-12,16,18-19,24H,3-8,13-15,17H2,1-2H3,(H,30,32);5,7,9-13,16,18-19,24H,3-4,6,8,14-15,17H2,1-2H3;2*3H,2H2,1H3/t2*24-;;/m00../s1. The molecule has 0 saturated carbocycles. The molecule has 2 atom stereocenters. The average molecular weight is 1120 g/mol. The van der Waals surface area contributed by atoms with Gasteiger partial charge in [0.2, 0.25) is 11.8 Å². The maximum atomic E-state index is 13.6. The molecule has 0 fully saturated rings. The second kappa shape index (κ2) is 31.1. The Morgan fingerprint density at radius 3 is 1.63 bits per heavy atom. The Bertz CT molecular complexity index is 3180. The Labute approximate surface area is 479 Å². The number of fused-ring (bicyclic) bond motifs is 4. The van der Waals surface area contributed by atoms with Crippen molar-refractivity contribution in [3.8, 4) is 11.8 Å². The van der Waals surface area contributed by atoms with Gasteiger partial charge in [-0.2, -0.15) is 0 Å². The lowest BCUT2D eigenvalue weighted by Crippen LogP contribution is -2.43. The van der Waals surface area contributed by atoms with Gasteiger partial charge in [0.25, 0.3) is 11.8 Å². The van der Waals surface area contributed by atoms with Gasteiger partial charge in [0, 0.05) is 106 Å². The minimum Gasteiger partial charge on any atom is -0.481 e. The van der Waals surface area contributed by atoms with Crippen molar-refractivity contribution in [2.24, 2.45) is 0 Å². The number of nitrogens with one attached hydrogen (secondary N) is 1. The number of aliphatic hydroxyl groups is 2. The lowest BCUT2D eigenvalue weighted by atomic mass is 10.0. The third kappa shape index (κ3) is 16.5. The summed E-state index contributed by atoms with van der Waals surface area (Å²) in [5, 5.41) is 19.6. The molecule has 20 nitrogen and oxygen atoms in total. The van der Waals surface area contributed by atoms with Gasteiger partial charge < -0.3 is 53.4 Å². The molecule has 7 aromatic rings. The molecule has 2 amide bonds. The van der Waals surface area contributed by atoms with Gasteiger partial charge >= 0.3 is 11.9 Å². The number of aliphatic hydroxyl groups excluding tert-OH is 2. The molecule has 82 heavy (non-hydrogen) atoms. The first-order valence-electron chi connectivity index (χ1n) is 28.4. The number of aryl methyl sites for hydroxylation is 5. The van der Waals surface area contributed by atoms with E-state index in [1.807, 2.05) is 51.6 Å². The molecule has 0 saturated heterocycles. The number of pyridine rings is 5. The van der Waals surface area contributed by atoms with Crippen LogP contribution in [-0.4, -0.2) is 138 Å². The molecule has 3 aliphatic rings. The molecule has 0 bridgehead atoms. The number of carbonyl (C=O) groups is 4. The number of carbonyl (C=O) groups excluding carboxylic acids is 4. The summed E-state index contributed by atoms with van der Waals surface area (Å²) in [7, 11) is 3.10. The van der Waals surface area contributed by atoms with Crippen molar-refractivity contribution in [3.05, 3.63) is 154 Å². The van der Waals surface area contributed by atoms with Gasteiger partial charge in [-0.25, -0.2) is 24.9 Å². The van der Waals surface area contributed by atoms with Crippen molar-refractivity contribution in [3.63, 3.8) is 0 Å². The van der Waals surface area contributed by atoms with Crippen LogP contribution in [0.25, 0.3) is 11.0 Å². The highest BCUT2D eigenvalue weighted by Crippen LogP contribution is 2.33. The predicted molar refractivity (Wildman–Crippen MR) is 311 cm³/mol. The van der Waals surface area contributed by atoms with E-state index in [1.54, 1.807) is 82.4 Å². The molecule has 3 aliphatic heterocycles. The molecule has 0 spiro atoms. The van der Waals surface area contributed by atoms with Crippen LogP contribution in [0.5, 0.6) is 11.8 Å². The largest absolute Gasteiger partial charge is 0.481 e.